The summed E-state index contributed by atoms with van der Waals surface area (Å²) in [6, 6.07) is 20.0. The van der Waals surface area contributed by atoms with E-state index < -0.39 is 0 Å². The number of rotatable bonds is 3. The first-order chi connectivity index (χ1) is 19.1. The number of fused-ring (bicyclic) bond motifs is 3. The van der Waals surface area contributed by atoms with Crippen LogP contribution < -0.4 is 5.32 Å². The van der Waals surface area contributed by atoms with E-state index in [-0.39, 0.29) is 11.3 Å². The highest BCUT2D eigenvalue weighted by Gasteiger charge is 2.52. The number of nitrogens with one attached hydrogen (secondary N) is 1. The van der Waals surface area contributed by atoms with Gasteiger partial charge in [-0.3, -0.25) is 4.79 Å². The highest BCUT2D eigenvalue weighted by atomic mass is 35.5. The largest absolute Gasteiger partial charge is 0.339 e. The number of halogens is 1. The molecule has 2 saturated heterocycles. The third-order valence-corrected chi connectivity index (χ3v) is 10.9. The second-order valence-electron chi connectivity index (χ2n) is 12.6. The first kappa shape index (κ1) is 25.5. The number of hydrogen-bond donors (Lipinski definition) is 1. The van der Waals surface area contributed by atoms with Crippen LogP contribution in [0.25, 0.3) is 10.8 Å². The predicted molar refractivity (Wildman–Crippen MR) is 158 cm³/mol. The summed E-state index contributed by atoms with van der Waals surface area (Å²) in [4.78, 5) is 21.8. The van der Waals surface area contributed by atoms with Crippen LogP contribution in [0.4, 0.5) is 0 Å². The minimum Gasteiger partial charge on any atom is -0.339 e. The molecule has 1 saturated carbocycles. The van der Waals surface area contributed by atoms with Gasteiger partial charge in [0.25, 0.3) is 0 Å². The van der Waals surface area contributed by atoms with Crippen LogP contribution in [0.5, 0.6) is 0 Å². The first-order valence-corrected chi connectivity index (χ1v) is 15.7. The molecule has 2 aliphatic carbocycles. The number of likely N-dealkylation sites (tertiary alicyclic amines) is 1. The van der Waals surface area contributed by atoms with Gasteiger partial charge >= 0.3 is 0 Å². The Morgan fingerprint density at radius 1 is 0.974 bits per heavy atom. The van der Waals surface area contributed by atoms with Crippen LogP contribution in [-0.4, -0.2) is 41.5 Å². The summed E-state index contributed by atoms with van der Waals surface area (Å²) in [5, 5.41) is 6.92. The molecule has 4 nitrogen and oxygen atoms in total. The van der Waals surface area contributed by atoms with Gasteiger partial charge in [-0.15, -0.1) is 0 Å². The summed E-state index contributed by atoms with van der Waals surface area (Å²) in [6.45, 7) is 2.49. The quantitative estimate of drug-likeness (QED) is 0.362. The topological polar surface area (TPSA) is 45.2 Å². The van der Waals surface area contributed by atoms with Gasteiger partial charge in [-0.2, -0.15) is 0 Å². The Balaban J connectivity index is 1.21. The minimum atomic E-state index is -0.161. The van der Waals surface area contributed by atoms with E-state index in [2.05, 4.69) is 58.7 Å². The molecule has 0 radical (unpaired) electrons. The van der Waals surface area contributed by atoms with Gasteiger partial charge in [-0.1, -0.05) is 79.4 Å². The van der Waals surface area contributed by atoms with Gasteiger partial charge in [0.2, 0.25) is 5.91 Å². The SMILES string of the molecule is O=C([C@@H]1CNC[C@]12CCCc1nc(Cl)ccc12)N1CCC(c2cccc3ccccc23)CC1C1CCCCC1. The number of nitrogens with zero attached hydrogens (tertiary/aromatic N) is 2. The second-order valence-corrected chi connectivity index (χ2v) is 13.0. The number of pyridine rings is 1. The zero-order valence-electron chi connectivity index (χ0n) is 22.9. The maximum Gasteiger partial charge on any atom is 0.228 e. The van der Waals surface area contributed by atoms with Crippen LogP contribution in [0.3, 0.4) is 0 Å². The Bertz CT molecular complexity index is 1360. The zero-order valence-corrected chi connectivity index (χ0v) is 23.6. The van der Waals surface area contributed by atoms with E-state index >= 15 is 0 Å². The van der Waals surface area contributed by atoms with Crippen LogP contribution >= 0.6 is 11.6 Å². The maximum atomic E-state index is 14.7. The molecule has 3 fully saturated rings. The Kier molecular flexibility index (Phi) is 6.89. The first-order valence-electron chi connectivity index (χ1n) is 15.3. The Morgan fingerprint density at radius 3 is 2.72 bits per heavy atom. The highest BCUT2D eigenvalue weighted by molar-refractivity contribution is 6.29. The summed E-state index contributed by atoms with van der Waals surface area (Å²) in [6.07, 6.45) is 11.7. The van der Waals surface area contributed by atoms with Gasteiger partial charge in [0.15, 0.2) is 0 Å². The lowest BCUT2D eigenvalue weighted by molar-refractivity contribution is -0.143. The zero-order chi connectivity index (χ0) is 26.4. The molecule has 204 valence electrons. The average molecular weight is 542 g/mol. The molecule has 39 heavy (non-hydrogen) atoms. The molecular weight excluding hydrogens is 502 g/mol. The Hall–Kier alpha value is -2.43. The highest BCUT2D eigenvalue weighted by Crippen LogP contribution is 2.48. The molecule has 3 heterocycles. The van der Waals surface area contributed by atoms with Gasteiger partial charge in [0, 0.05) is 36.8 Å². The molecule has 2 aliphatic heterocycles. The second kappa shape index (κ2) is 10.5. The number of aryl methyl sites for hydroxylation is 1. The molecule has 2 unspecified atom stereocenters. The Labute approximate surface area is 237 Å². The van der Waals surface area contributed by atoms with E-state index in [1.807, 2.05) is 6.07 Å². The van der Waals surface area contributed by atoms with Crippen molar-refractivity contribution in [1.29, 1.82) is 0 Å². The smallest absolute Gasteiger partial charge is 0.228 e. The number of hydrogen-bond acceptors (Lipinski definition) is 3. The van der Waals surface area contributed by atoms with Crippen molar-refractivity contribution in [3.8, 4) is 0 Å². The number of benzene rings is 2. The summed E-state index contributed by atoms with van der Waals surface area (Å²) < 4.78 is 0. The summed E-state index contributed by atoms with van der Waals surface area (Å²) in [7, 11) is 0. The maximum absolute atomic E-state index is 14.7. The van der Waals surface area contributed by atoms with Crippen molar-refractivity contribution in [2.75, 3.05) is 19.6 Å². The number of aromatic nitrogens is 1. The Morgan fingerprint density at radius 2 is 1.82 bits per heavy atom. The summed E-state index contributed by atoms with van der Waals surface area (Å²) >= 11 is 6.30. The van der Waals surface area contributed by atoms with E-state index in [4.69, 9.17) is 16.6 Å². The van der Waals surface area contributed by atoms with Crippen LogP contribution in [0.15, 0.2) is 54.6 Å². The third-order valence-electron chi connectivity index (χ3n) is 10.7. The standard InChI is InChI=1S/C34H40ClN3O/c35-32-16-15-28-30(37-32)14-7-18-34(28)22-36-21-29(34)33(39)38-19-17-25(20-31(38)24-9-2-1-3-10-24)27-13-6-11-23-8-4-5-12-26(23)27/h4-6,8,11-13,15-16,24-25,29,31,36H,1-3,7,9-10,14,17-22H2/t25?,29-,31?,34-/m0/s1. The van der Waals surface area contributed by atoms with Crippen LogP contribution in [0.1, 0.15) is 80.5 Å². The van der Waals surface area contributed by atoms with E-state index in [1.165, 1.54) is 54.0 Å². The molecule has 3 aromatic rings. The lowest BCUT2D eigenvalue weighted by Gasteiger charge is -2.48. The molecule has 1 aromatic heterocycles. The van der Waals surface area contributed by atoms with Gasteiger partial charge < -0.3 is 10.2 Å². The van der Waals surface area contributed by atoms with Crippen molar-refractivity contribution in [3.63, 3.8) is 0 Å². The van der Waals surface area contributed by atoms with Crippen molar-refractivity contribution >= 4 is 28.3 Å². The molecule has 2 aromatic carbocycles. The summed E-state index contributed by atoms with van der Waals surface area (Å²) in [5.41, 5.74) is 3.69. The fourth-order valence-corrected chi connectivity index (χ4v) is 8.94. The van der Waals surface area contributed by atoms with Crippen LogP contribution in [0.2, 0.25) is 5.15 Å². The predicted octanol–water partition coefficient (Wildman–Crippen LogP) is 7.04. The minimum absolute atomic E-state index is 0.0280. The molecule has 1 N–H and O–H groups in total. The number of carbonyl (C=O) groups excluding carboxylic acids is 1. The summed E-state index contributed by atoms with van der Waals surface area (Å²) in [5.74, 6) is 1.48. The van der Waals surface area contributed by atoms with E-state index in [0.29, 0.717) is 28.9 Å². The van der Waals surface area contributed by atoms with Crippen molar-refractivity contribution < 1.29 is 4.79 Å². The number of amides is 1. The van der Waals surface area contributed by atoms with Crippen molar-refractivity contribution in [1.82, 2.24) is 15.2 Å². The molecule has 0 bridgehead atoms. The number of piperidine rings is 1. The van der Waals surface area contributed by atoms with Gasteiger partial charge in [0.1, 0.15) is 5.15 Å². The lowest BCUT2D eigenvalue weighted by atomic mass is 9.64. The fraction of sp³-hybridized carbons (Fsp3) is 0.529. The molecule has 1 amide bonds. The van der Waals surface area contributed by atoms with Crippen molar-refractivity contribution in [2.24, 2.45) is 11.8 Å². The van der Waals surface area contributed by atoms with Gasteiger partial charge in [-0.05, 0) is 84.7 Å². The molecular formula is C34H40ClN3O. The fourth-order valence-electron chi connectivity index (χ4n) is 8.78. The van der Waals surface area contributed by atoms with Gasteiger partial charge in [0.05, 0.1) is 5.92 Å². The molecule has 4 atom stereocenters. The van der Waals surface area contributed by atoms with Crippen molar-refractivity contribution in [3.05, 3.63) is 76.6 Å². The van der Waals surface area contributed by atoms with Crippen LogP contribution in [-0.2, 0) is 16.6 Å². The van der Waals surface area contributed by atoms with E-state index in [1.54, 1.807) is 0 Å². The van der Waals surface area contributed by atoms with E-state index in [0.717, 1.165) is 57.4 Å². The molecule has 1 spiro atoms. The third kappa shape index (κ3) is 4.48. The van der Waals surface area contributed by atoms with Crippen LogP contribution in [0, 0.1) is 11.8 Å². The monoisotopic (exact) mass is 541 g/mol. The van der Waals surface area contributed by atoms with E-state index in [9.17, 15) is 4.79 Å². The number of carbonyl (C=O) groups is 1. The van der Waals surface area contributed by atoms with Crippen molar-refractivity contribution in [2.45, 2.75) is 81.6 Å². The normalized spacial score (nSPS) is 29.6. The average Bonchev–Trinajstić information content (AvgIpc) is 3.40. The molecule has 5 heteroatoms. The lowest BCUT2D eigenvalue weighted by Crippen LogP contribution is -2.55. The molecule has 4 aliphatic rings. The van der Waals surface area contributed by atoms with Gasteiger partial charge in [-0.25, -0.2) is 4.98 Å². The molecule has 7 rings (SSSR count).